The first-order chi connectivity index (χ1) is 11.2. The van der Waals surface area contributed by atoms with Crippen LogP contribution in [0.2, 0.25) is 13.3 Å². The molecule has 2 heteroatoms. The van der Waals surface area contributed by atoms with E-state index in [0.717, 1.165) is 5.56 Å². The number of aliphatic hydroxyl groups is 1. The zero-order valence-corrected chi connectivity index (χ0v) is 18.3. The summed E-state index contributed by atoms with van der Waals surface area (Å²) in [6.45, 7) is 7.11. The van der Waals surface area contributed by atoms with Gasteiger partial charge in [-0.1, -0.05) is 0 Å². The van der Waals surface area contributed by atoms with E-state index in [2.05, 4.69) is 49.1 Å². The van der Waals surface area contributed by atoms with Gasteiger partial charge >= 0.3 is 148 Å². The zero-order chi connectivity index (χ0) is 17.0. The molecule has 0 radical (unpaired) electrons. The Bertz CT molecular complexity index is 431. The monoisotopic (exact) mass is 424 g/mol. The molecule has 0 aliphatic rings. The van der Waals surface area contributed by atoms with Crippen molar-refractivity contribution in [3.8, 4) is 0 Å². The van der Waals surface area contributed by atoms with Crippen molar-refractivity contribution in [2.24, 2.45) is 0 Å². The first kappa shape index (κ1) is 20.8. The Morgan fingerprint density at radius 1 is 0.913 bits per heavy atom. The van der Waals surface area contributed by atoms with Crippen LogP contribution >= 0.6 is 0 Å². The Labute approximate surface area is 148 Å². The van der Waals surface area contributed by atoms with Crippen LogP contribution in [-0.2, 0) is 6.61 Å². The van der Waals surface area contributed by atoms with Crippen molar-refractivity contribution in [3.63, 3.8) is 0 Å². The minimum absolute atomic E-state index is 0.137. The molecule has 0 unspecified atom stereocenters. The molecule has 1 rings (SSSR count). The van der Waals surface area contributed by atoms with Gasteiger partial charge in [-0.15, -0.1) is 0 Å². The van der Waals surface area contributed by atoms with Gasteiger partial charge in [-0.2, -0.15) is 0 Å². The van der Waals surface area contributed by atoms with Gasteiger partial charge in [-0.05, 0) is 0 Å². The van der Waals surface area contributed by atoms with Crippen molar-refractivity contribution < 1.29 is 5.11 Å². The van der Waals surface area contributed by atoms with Crippen LogP contribution in [0.15, 0.2) is 28.4 Å². The predicted molar refractivity (Wildman–Crippen MR) is 106 cm³/mol. The first-order valence-electron chi connectivity index (χ1n) is 9.58. The number of aliphatic hydroxyl groups excluding tert-OH is 1. The summed E-state index contributed by atoms with van der Waals surface area (Å²) < 4.78 is 7.25. The second-order valence-electron chi connectivity index (χ2n) is 6.91. The van der Waals surface area contributed by atoms with Crippen LogP contribution < -0.4 is 0 Å². The average Bonchev–Trinajstić information content (AvgIpc) is 2.60. The summed E-state index contributed by atoms with van der Waals surface area (Å²) in [5.41, 5.74) is 2.28. The molecule has 0 saturated carbocycles. The van der Waals surface area contributed by atoms with Crippen molar-refractivity contribution in [1.82, 2.24) is 0 Å². The number of benzene rings is 1. The Hall–Kier alpha value is -0.281. The number of hydrogen-bond donors (Lipinski definition) is 1. The maximum atomic E-state index is 9.33. The molecular formula is C21H36OSn. The van der Waals surface area contributed by atoms with E-state index in [1.165, 1.54) is 57.4 Å². The molecule has 0 atom stereocenters. The first-order valence-corrected chi connectivity index (χ1v) is 17.3. The quantitative estimate of drug-likeness (QED) is 0.377. The van der Waals surface area contributed by atoms with Crippen LogP contribution in [0.1, 0.15) is 70.4 Å². The van der Waals surface area contributed by atoms with E-state index < -0.39 is 18.4 Å². The van der Waals surface area contributed by atoms with Gasteiger partial charge in [0.25, 0.3) is 0 Å². The van der Waals surface area contributed by atoms with Crippen molar-refractivity contribution in [3.05, 3.63) is 39.5 Å². The van der Waals surface area contributed by atoms with E-state index in [1.54, 1.807) is 0 Å². The third-order valence-electron chi connectivity index (χ3n) is 4.85. The molecule has 1 N–H and O–H groups in total. The minimum atomic E-state index is -2.17. The van der Waals surface area contributed by atoms with Crippen molar-refractivity contribution in [1.29, 1.82) is 0 Å². The normalized spacial score (nSPS) is 12.2. The molecule has 1 aromatic rings. The summed E-state index contributed by atoms with van der Waals surface area (Å²) in [6, 6.07) is 8.37. The molecule has 1 nitrogen and oxygen atoms in total. The fourth-order valence-electron chi connectivity index (χ4n) is 3.28. The Morgan fingerprint density at radius 2 is 1.48 bits per heavy atom. The summed E-state index contributed by atoms with van der Waals surface area (Å²) in [6.07, 6.45) is 10.6. The number of unbranched alkanes of at least 4 members (excludes halogenated alkanes) is 3. The van der Waals surface area contributed by atoms with Crippen molar-refractivity contribution in [2.75, 3.05) is 0 Å². The van der Waals surface area contributed by atoms with Crippen LogP contribution in [0, 0.1) is 0 Å². The van der Waals surface area contributed by atoms with E-state index in [0.29, 0.717) is 0 Å². The van der Waals surface area contributed by atoms with E-state index in [1.807, 2.05) is 6.07 Å². The molecule has 0 spiro atoms. The Balaban J connectivity index is 2.95. The van der Waals surface area contributed by atoms with E-state index in [4.69, 9.17) is 0 Å². The van der Waals surface area contributed by atoms with E-state index in [9.17, 15) is 5.11 Å². The van der Waals surface area contributed by atoms with Crippen LogP contribution in [0.4, 0.5) is 0 Å². The molecule has 1 aromatic carbocycles. The summed E-state index contributed by atoms with van der Waals surface area (Å²) in [5, 5.41) is 9.33. The molecule has 23 heavy (non-hydrogen) atoms. The standard InChI is InChI=1S/C9H9O.3C4H9.Sn/c1-2-8-4-3-5-9(6-8)7-10;3*1-3-4-2;/h1-6,10H,7H2;3*1,3-4H2,2H3;. The van der Waals surface area contributed by atoms with Crippen LogP contribution in [0.3, 0.4) is 0 Å². The molecule has 0 saturated heterocycles. The van der Waals surface area contributed by atoms with E-state index in [-0.39, 0.29) is 6.61 Å². The molecule has 0 amide bonds. The molecule has 0 aliphatic carbocycles. The van der Waals surface area contributed by atoms with Gasteiger partial charge < -0.3 is 0 Å². The average molecular weight is 423 g/mol. The van der Waals surface area contributed by atoms with Crippen molar-refractivity contribution in [2.45, 2.75) is 79.2 Å². The van der Waals surface area contributed by atoms with Gasteiger partial charge in [0.2, 0.25) is 0 Å². The summed E-state index contributed by atoms with van der Waals surface area (Å²) in [7, 11) is 0. The van der Waals surface area contributed by atoms with Crippen LogP contribution in [0.25, 0.3) is 6.08 Å². The van der Waals surface area contributed by atoms with Gasteiger partial charge in [0.1, 0.15) is 0 Å². The summed E-state index contributed by atoms with van der Waals surface area (Å²) in [5.74, 6) is 0. The van der Waals surface area contributed by atoms with Gasteiger partial charge in [-0.3, -0.25) is 0 Å². The molecule has 0 aliphatic heterocycles. The maximum absolute atomic E-state index is 9.33. The zero-order valence-electron chi connectivity index (χ0n) is 15.5. The molecule has 130 valence electrons. The van der Waals surface area contributed by atoms with Gasteiger partial charge in [-0.25, -0.2) is 0 Å². The summed E-state index contributed by atoms with van der Waals surface area (Å²) >= 11 is -2.17. The topological polar surface area (TPSA) is 20.2 Å². The third-order valence-corrected chi connectivity index (χ3v) is 18.9. The van der Waals surface area contributed by atoms with E-state index >= 15 is 0 Å². The Kier molecular flexibility index (Phi) is 11.0. The molecule has 0 fully saturated rings. The molecule has 0 aromatic heterocycles. The van der Waals surface area contributed by atoms with Gasteiger partial charge in [0.05, 0.1) is 0 Å². The molecule has 0 heterocycles. The Morgan fingerprint density at radius 3 is 1.96 bits per heavy atom. The van der Waals surface area contributed by atoms with Crippen LogP contribution in [-0.4, -0.2) is 23.5 Å². The second kappa shape index (κ2) is 12.1. The molecular weight excluding hydrogens is 387 g/mol. The van der Waals surface area contributed by atoms with Crippen molar-refractivity contribution >= 4 is 24.5 Å². The van der Waals surface area contributed by atoms with Crippen LogP contribution in [0.5, 0.6) is 0 Å². The second-order valence-corrected chi connectivity index (χ2v) is 19.9. The predicted octanol–water partition coefficient (Wildman–Crippen LogP) is 6.58. The van der Waals surface area contributed by atoms with Gasteiger partial charge in [0.15, 0.2) is 0 Å². The number of rotatable bonds is 12. The fraction of sp³-hybridized carbons (Fsp3) is 0.619. The third kappa shape index (κ3) is 7.89. The fourth-order valence-corrected chi connectivity index (χ4v) is 17.5. The van der Waals surface area contributed by atoms with Gasteiger partial charge in [0, 0.05) is 0 Å². The number of hydrogen-bond acceptors (Lipinski definition) is 1. The molecule has 0 bridgehead atoms. The summed E-state index contributed by atoms with van der Waals surface area (Å²) in [4.78, 5) is 0. The SMILES string of the molecule is CCC[CH2][Sn](/[CH]=C/c1cccc(CO)c1)([CH2]CCC)[CH2]CCC.